The van der Waals surface area contributed by atoms with E-state index in [0.29, 0.717) is 23.7 Å². The molecule has 2 N–H and O–H groups in total. The molecule has 0 fully saturated rings. The topological polar surface area (TPSA) is 52.3 Å². The Kier molecular flexibility index (Phi) is 6.04. The van der Waals surface area contributed by atoms with Crippen molar-refractivity contribution in [2.24, 2.45) is 0 Å². The van der Waals surface area contributed by atoms with Gasteiger partial charge >= 0.3 is 5.97 Å². The van der Waals surface area contributed by atoms with Crippen LogP contribution in [0.2, 0.25) is 0 Å². The van der Waals surface area contributed by atoms with E-state index in [-0.39, 0.29) is 24.5 Å². The van der Waals surface area contributed by atoms with Crippen LogP contribution in [-0.2, 0) is 4.74 Å². The van der Waals surface area contributed by atoms with Crippen LogP contribution < -0.4 is 5.73 Å². The van der Waals surface area contributed by atoms with Gasteiger partial charge in [-0.1, -0.05) is 0 Å². The van der Waals surface area contributed by atoms with Crippen LogP contribution in [0.4, 0.5) is 14.5 Å². The molecule has 1 aromatic rings. The third kappa shape index (κ3) is 4.25. The fourth-order valence-electron chi connectivity index (χ4n) is 1.34. The molecule has 6 heteroatoms. The molecule has 0 radical (unpaired) electrons. The Morgan fingerprint density at radius 3 is 2.72 bits per heavy atom. The van der Waals surface area contributed by atoms with Gasteiger partial charge in [0.25, 0.3) is 0 Å². The van der Waals surface area contributed by atoms with E-state index in [1.165, 1.54) is 6.07 Å². The maximum Gasteiger partial charge on any atom is 0.339 e. The third-order valence-corrected chi connectivity index (χ3v) is 2.97. The minimum atomic E-state index is -0.596. The Morgan fingerprint density at radius 2 is 2.06 bits per heavy atom. The lowest BCUT2D eigenvalue weighted by molar-refractivity contribution is 0.0496. The van der Waals surface area contributed by atoms with E-state index in [4.69, 9.17) is 10.5 Å². The minimum absolute atomic E-state index is 0.109. The van der Waals surface area contributed by atoms with Gasteiger partial charge in [0.05, 0.1) is 24.5 Å². The lowest BCUT2D eigenvalue weighted by Crippen LogP contribution is -2.08. The molecule has 0 aromatic heterocycles. The summed E-state index contributed by atoms with van der Waals surface area (Å²) in [6.45, 7) is -0.156. The van der Waals surface area contributed by atoms with Crippen molar-refractivity contribution in [2.45, 2.75) is 19.3 Å². The number of benzene rings is 1. The normalized spacial score (nSPS) is 10.4. The summed E-state index contributed by atoms with van der Waals surface area (Å²) in [5, 5.41) is 0. The highest BCUT2D eigenvalue weighted by atomic mass is 79.9. The first kappa shape index (κ1) is 14.9. The fourth-order valence-corrected chi connectivity index (χ4v) is 1.82. The number of anilines is 1. The molecule has 1 rings (SSSR count). The number of hydrogen-bond donors (Lipinski definition) is 1. The van der Waals surface area contributed by atoms with Crippen LogP contribution in [0, 0.1) is 5.82 Å². The van der Waals surface area contributed by atoms with E-state index in [2.05, 4.69) is 15.9 Å². The second kappa shape index (κ2) is 7.31. The molecular weight excluding hydrogens is 308 g/mol. The van der Waals surface area contributed by atoms with Gasteiger partial charge < -0.3 is 10.5 Å². The summed E-state index contributed by atoms with van der Waals surface area (Å²) in [5.74, 6) is -1.17. The quantitative estimate of drug-likeness (QED) is 0.496. The van der Waals surface area contributed by atoms with Crippen molar-refractivity contribution in [1.29, 1.82) is 0 Å². The number of alkyl halides is 1. The largest absolute Gasteiger partial charge is 0.462 e. The van der Waals surface area contributed by atoms with Crippen molar-refractivity contribution in [3.63, 3.8) is 0 Å². The number of carbonyl (C=O) groups excluding carboxylic acids is 1. The first-order valence-corrected chi connectivity index (χ1v) is 6.33. The lowest BCUT2D eigenvalue weighted by Gasteiger charge is -2.07. The molecule has 0 aliphatic heterocycles. The van der Waals surface area contributed by atoms with E-state index < -0.39 is 11.8 Å². The van der Waals surface area contributed by atoms with Crippen molar-refractivity contribution >= 4 is 27.6 Å². The van der Waals surface area contributed by atoms with Crippen molar-refractivity contribution in [3.8, 4) is 0 Å². The van der Waals surface area contributed by atoms with Gasteiger partial charge in [-0.05, 0) is 47.3 Å². The van der Waals surface area contributed by atoms with Gasteiger partial charge in [0.2, 0.25) is 0 Å². The van der Waals surface area contributed by atoms with Crippen molar-refractivity contribution in [3.05, 3.63) is 28.0 Å². The van der Waals surface area contributed by atoms with Gasteiger partial charge in [0.15, 0.2) is 0 Å². The van der Waals surface area contributed by atoms with Gasteiger partial charge in [-0.15, -0.1) is 0 Å². The number of esters is 1. The number of nitrogen functional groups attached to an aromatic ring is 1. The number of unbranched alkanes of at least 4 members (excludes halogenated alkanes) is 2. The van der Waals surface area contributed by atoms with Crippen molar-refractivity contribution in [2.75, 3.05) is 19.0 Å². The number of nitrogens with two attached hydrogens (primary N) is 1. The van der Waals surface area contributed by atoms with Gasteiger partial charge in [-0.3, -0.25) is 4.39 Å². The smallest absolute Gasteiger partial charge is 0.339 e. The Morgan fingerprint density at radius 1 is 1.33 bits per heavy atom. The van der Waals surface area contributed by atoms with Crippen LogP contribution in [0.5, 0.6) is 0 Å². The van der Waals surface area contributed by atoms with E-state index in [1.54, 1.807) is 0 Å². The van der Waals surface area contributed by atoms with E-state index in [9.17, 15) is 13.6 Å². The van der Waals surface area contributed by atoms with Gasteiger partial charge in [0.1, 0.15) is 5.82 Å². The molecule has 0 aliphatic rings. The average Bonchev–Trinajstić information content (AvgIpc) is 2.33. The summed E-state index contributed by atoms with van der Waals surface area (Å²) >= 11 is 3.07. The molecule has 0 saturated carbocycles. The SMILES string of the molecule is Nc1cc(C(=O)OCCCCCF)c(Br)cc1F. The molecule has 0 saturated heterocycles. The molecule has 0 amide bonds. The summed E-state index contributed by atoms with van der Waals surface area (Å²) in [7, 11) is 0. The molecule has 0 heterocycles. The Hall–Kier alpha value is -1.17. The highest BCUT2D eigenvalue weighted by Gasteiger charge is 2.14. The molecule has 0 atom stereocenters. The number of halogens is 3. The van der Waals surface area contributed by atoms with E-state index >= 15 is 0 Å². The van der Waals surface area contributed by atoms with Crippen molar-refractivity contribution < 1.29 is 18.3 Å². The van der Waals surface area contributed by atoms with Gasteiger partial charge in [-0.25, -0.2) is 9.18 Å². The van der Waals surface area contributed by atoms with Crippen LogP contribution >= 0.6 is 15.9 Å². The molecule has 1 aromatic carbocycles. The zero-order chi connectivity index (χ0) is 13.5. The van der Waals surface area contributed by atoms with Crippen molar-refractivity contribution in [1.82, 2.24) is 0 Å². The molecule has 0 unspecified atom stereocenters. The molecule has 100 valence electrons. The second-order valence-corrected chi connectivity index (χ2v) is 4.59. The standard InChI is InChI=1S/C12H14BrF2NO2/c13-9-7-10(15)11(16)6-8(9)12(17)18-5-3-1-2-4-14/h6-7H,1-5,16H2. The summed E-state index contributed by atoms with van der Waals surface area (Å²) in [6.07, 6.45) is 1.73. The maximum atomic E-state index is 13.1. The Bertz CT molecular complexity index is 427. The van der Waals surface area contributed by atoms with E-state index in [0.717, 1.165) is 6.07 Å². The molecule has 0 aliphatic carbocycles. The number of ether oxygens (including phenoxy) is 1. The summed E-state index contributed by atoms with van der Waals surface area (Å²) < 4.78 is 30.2. The molecular formula is C12H14BrF2NO2. The molecule has 3 nitrogen and oxygen atoms in total. The predicted molar refractivity (Wildman–Crippen MR) is 68.6 cm³/mol. The highest BCUT2D eigenvalue weighted by molar-refractivity contribution is 9.10. The van der Waals surface area contributed by atoms with Crippen LogP contribution in [-0.4, -0.2) is 19.3 Å². The zero-order valence-electron chi connectivity index (χ0n) is 9.72. The predicted octanol–water partition coefficient (Wildman–Crippen LogP) is 3.47. The summed E-state index contributed by atoms with van der Waals surface area (Å²) in [4.78, 5) is 11.7. The van der Waals surface area contributed by atoms with Crippen LogP contribution in [0.1, 0.15) is 29.6 Å². The number of carbonyl (C=O) groups is 1. The molecule has 0 spiro atoms. The van der Waals surface area contributed by atoms with Crippen LogP contribution in [0.25, 0.3) is 0 Å². The second-order valence-electron chi connectivity index (χ2n) is 3.74. The lowest BCUT2D eigenvalue weighted by atomic mass is 10.2. The van der Waals surface area contributed by atoms with Gasteiger partial charge in [-0.2, -0.15) is 0 Å². The minimum Gasteiger partial charge on any atom is -0.462 e. The third-order valence-electron chi connectivity index (χ3n) is 2.32. The maximum absolute atomic E-state index is 13.1. The molecule has 0 bridgehead atoms. The fraction of sp³-hybridized carbons (Fsp3) is 0.417. The molecule has 18 heavy (non-hydrogen) atoms. The van der Waals surface area contributed by atoms with Gasteiger partial charge in [0, 0.05) is 4.47 Å². The highest BCUT2D eigenvalue weighted by Crippen LogP contribution is 2.23. The summed E-state index contributed by atoms with van der Waals surface area (Å²) in [6, 6.07) is 2.35. The zero-order valence-corrected chi connectivity index (χ0v) is 11.3. The Labute approximate surface area is 112 Å². The Balaban J connectivity index is 2.54. The first-order chi connectivity index (χ1) is 8.56. The monoisotopic (exact) mass is 321 g/mol. The summed E-state index contributed by atoms with van der Waals surface area (Å²) in [5.41, 5.74) is 5.45. The number of rotatable bonds is 6. The van der Waals surface area contributed by atoms with E-state index in [1.807, 2.05) is 0 Å². The average molecular weight is 322 g/mol. The van der Waals surface area contributed by atoms with Crippen LogP contribution in [0.3, 0.4) is 0 Å². The number of hydrogen-bond acceptors (Lipinski definition) is 3. The first-order valence-electron chi connectivity index (χ1n) is 5.54. The van der Waals surface area contributed by atoms with Crippen LogP contribution in [0.15, 0.2) is 16.6 Å².